The second kappa shape index (κ2) is 9.45. The number of likely N-dealkylation sites (tertiary alicyclic amines) is 1. The van der Waals surface area contributed by atoms with E-state index < -0.39 is 42.8 Å². The van der Waals surface area contributed by atoms with Crippen molar-refractivity contribution in [2.45, 2.75) is 18.9 Å². The van der Waals surface area contributed by atoms with Gasteiger partial charge in [0.25, 0.3) is 0 Å². The average molecular weight is 343 g/mol. The van der Waals surface area contributed by atoms with Crippen LogP contribution in [0.3, 0.4) is 0 Å². The number of carboxylic acids is 1. The zero-order valence-electron chi connectivity index (χ0n) is 13.0. The number of rotatable bonds is 8. The summed E-state index contributed by atoms with van der Waals surface area (Å²) in [4.78, 5) is 58.0. The van der Waals surface area contributed by atoms with Gasteiger partial charge in [-0.1, -0.05) is 0 Å². The van der Waals surface area contributed by atoms with E-state index in [0.717, 1.165) is 0 Å². The Balaban J connectivity index is 2.31. The third-order valence-corrected chi connectivity index (χ3v) is 3.36. The Morgan fingerprint density at radius 3 is 2.17 bits per heavy atom. The first kappa shape index (κ1) is 19.4. The van der Waals surface area contributed by atoms with Crippen molar-refractivity contribution in [3.05, 3.63) is 0 Å². The minimum absolute atomic E-state index is 0.185. The molecular weight excluding hydrogens is 322 g/mol. The number of hydrogen-bond donors (Lipinski definition) is 5. The fraction of sp³-hybridized carbons (Fsp3) is 0.615. The van der Waals surface area contributed by atoms with Gasteiger partial charge in [-0.05, 0) is 12.8 Å². The summed E-state index contributed by atoms with van der Waals surface area (Å²) in [6.45, 7) is -1.03. The van der Waals surface area contributed by atoms with Gasteiger partial charge in [-0.3, -0.25) is 24.0 Å². The number of nitrogens with one attached hydrogen (secondary N) is 3. The lowest BCUT2D eigenvalue weighted by Gasteiger charge is -2.23. The summed E-state index contributed by atoms with van der Waals surface area (Å²) in [5.74, 6) is -3.25. The molecule has 0 radical (unpaired) electrons. The molecule has 0 aliphatic carbocycles. The van der Waals surface area contributed by atoms with Crippen molar-refractivity contribution in [1.29, 1.82) is 0 Å². The van der Waals surface area contributed by atoms with Crippen molar-refractivity contribution in [3.63, 3.8) is 0 Å². The molecule has 1 fully saturated rings. The maximum absolute atomic E-state index is 12.0. The molecule has 134 valence electrons. The third kappa shape index (κ3) is 6.20. The van der Waals surface area contributed by atoms with Crippen molar-refractivity contribution in [2.24, 2.45) is 5.73 Å². The number of aliphatic carboxylic acids is 1. The smallest absolute Gasteiger partial charge is 0.322 e. The predicted octanol–water partition coefficient (Wildman–Crippen LogP) is -3.63. The highest BCUT2D eigenvalue weighted by molar-refractivity contribution is 5.92. The molecular formula is C13H21N5O6. The summed E-state index contributed by atoms with van der Waals surface area (Å²) in [5, 5.41) is 15.1. The lowest BCUT2D eigenvalue weighted by atomic mass is 10.2. The fourth-order valence-corrected chi connectivity index (χ4v) is 2.22. The number of nitrogens with two attached hydrogens (primary N) is 1. The zero-order chi connectivity index (χ0) is 18.1. The van der Waals surface area contributed by atoms with Crippen molar-refractivity contribution in [1.82, 2.24) is 20.9 Å². The molecule has 0 aromatic carbocycles. The molecule has 1 saturated heterocycles. The molecule has 1 heterocycles. The van der Waals surface area contributed by atoms with Gasteiger partial charge in [-0.15, -0.1) is 0 Å². The number of carboxylic acid groups (broad SMARTS) is 1. The molecule has 6 N–H and O–H groups in total. The summed E-state index contributed by atoms with van der Waals surface area (Å²) in [5.41, 5.74) is 5.29. The van der Waals surface area contributed by atoms with E-state index in [4.69, 9.17) is 10.8 Å². The maximum atomic E-state index is 12.0. The molecule has 0 spiro atoms. The Morgan fingerprint density at radius 2 is 1.58 bits per heavy atom. The van der Waals surface area contributed by atoms with Gasteiger partial charge in [0.05, 0.1) is 19.6 Å². The van der Waals surface area contributed by atoms with Crippen LogP contribution in [-0.4, -0.2) is 78.4 Å². The monoisotopic (exact) mass is 343 g/mol. The Bertz CT molecular complexity index is 523. The van der Waals surface area contributed by atoms with E-state index in [-0.39, 0.29) is 19.0 Å². The van der Waals surface area contributed by atoms with Gasteiger partial charge in [0.15, 0.2) is 0 Å². The summed E-state index contributed by atoms with van der Waals surface area (Å²) in [6.07, 6.45) is 1.18. The van der Waals surface area contributed by atoms with Crippen molar-refractivity contribution < 1.29 is 29.1 Å². The standard InChI is InChI=1S/C13H21N5O6/c14-4-11(21)18-3-1-2-8(18)13(24)17-6-10(20)15-5-9(19)16-7-12(22)23/h8H,1-7,14H2,(H,15,20)(H,16,19)(H,17,24)(H,22,23)/t8-/m0/s1. The molecule has 0 aromatic heterocycles. The first-order chi connectivity index (χ1) is 11.3. The van der Waals surface area contributed by atoms with Gasteiger partial charge >= 0.3 is 5.97 Å². The van der Waals surface area contributed by atoms with Crippen LogP contribution in [0.2, 0.25) is 0 Å². The lowest BCUT2D eigenvalue weighted by molar-refractivity contribution is -0.138. The number of carbonyl (C=O) groups is 5. The Kier molecular flexibility index (Phi) is 7.62. The zero-order valence-corrected chi connectivity index (χ0v) is 13.0. The van der Waals surface area contributed by atoms with Crippen molar-refractivity contribution >= 4 is 29.6 Å². The van der Waals surface area contributed by atoms with Crippen LogP contribution in [0.15, 0.2) is 0 Å². The maximum Gasteiger partial charge on any atom is 0.322 e. The van der Waals surface area contributed by atoms with Crippen molar-refractivity contribution in [3.8, 4) is 0 Å². The Labute approximate surface area is 137 Å². The average Bonchev–Trinajstić information content (AvgIpc) is 3.04. The molecule has 0 unspecified atom stereocenters. The highest BCUT2D eigenvalue weighted by Gasteiger charge is 2.33. The number of hydrogen-bond acceptors (Lipinski definition) is 6. The molecule has 4 amide bonds. The van der Waals surface area contributed by atoms with Crippen molar-refractivity contribution in [2.75, 3.05) is 32.7 Å². The molecule has 11 heteroatoms. The van der Waals surface area contributed by atoms with Gasteiger partial charge in [-0.25, -0.2) is 0 Å². The van der Waals surface area contributed by atoms with Crippen LogP contribution in [0.25, 0.3) is 0 Å². The lowest BCUT2D eigenvalue weighted by Crippen LogP contribution is -2.50. The van der Waals surface area contributed by atoms with E-state index >= 15 is 0 Å². The fourth-order valence-electron chi connectivity index (χ4n) is 2.22. The van der Waals surface area contributed by atoms with Crippen LogP contribution in [0.5, 0.6) is 0 Å². The summed E-state index contributed by atoms with van der Waals surface area (Å²) in [6, 6.07) is -0.646. The topological polar surface area (TPSA) is 171 Å². The third-order valence-electron chi connectivity index (χ3n) is 3.36. The van der Waals surface area contributed by atoms with E-state index in [2.05, 4.69) is 16.0 Å². The number of nitrogens with zero attached hydrogens (tertiary/aromatic N) is 1. The molecule has 1 aliphatic rings. The van der Waals surface area contributed by atoms with Crippen LogP contribution < -0.4 is 21.7 Å². The first-order valence-electron chi connectivity index (χ1n) is 7.37. The van der Waals surface area contributed by atoms with E-state index in [9.17, 15) is 24.0 Å². The van der Waals surface area contributed by atoms with Crippen LogP contribution >= 0.6 is 0 Å². The molecule has 1 atom stereocenters. The Morgan fingerprint density at radius 1 is 1.00 bits per heavy atom. The Hall–Kier alpha value is -2.69. The van der Waals surface area contributed by atoms with E-state index in [0.29, 0.717) is 19.4 Å². The minimum atomic E-state index is -1.20. The summed E-state index contributed by atoms with van der Waals surface area (Å²) in [7, 11) is 0. The largest absolute Gasteiger partial charge is 0.480 e. The first-order valence-corrected chi connectivity index (χ1v) is 7.37. The van der Waals surface area contributed by atoms with Gasteiger partial charge < -0.3 is 31.7 Å². The van der Waals surface area contributed by atoms with Gasteiger partial charge in [0.2, 0.25) is 23.6 Å². The molecule has 0 bridgehead atoms. The molecule has 1 rings (SSSR count). The highest BCUT2D eigenvalue weighted by Crippen LogP contribution is 2.16. The normalized spacial score (nSPS) is 16.4. The summed E-state index contributed by atoms with van der Waals surface area (Å²) >= 11 is 0. The van der Waals surface area contributed by atoms with Gasteiger partial charge in [-0.2, -0.15) is 0 Å². The molecule has 11 nitrogen and oxygen atoms in total. The highest BCUT2D eigenvalue weighted by atomic mass is 16.4. The van der Waals surface area contributed by atoms with Crippen LogP contribution in [0, 0.1) is 0 Å². The molecule has 1 aliphatic heterocycles. The number of amides is 4. The van der Waals surface area contributed by atoms with Gasteiger partial charge in [0, 0.05) is 6.54 Å². The second-order valence-electron chi connectivity index (χ2n) is 5.11. The minimum Gasteiger partial charge on any atom is -0.480 e. The molecule has 24 heavy (non-hydrogen) atoms. The van der Waals surface area contributed by atoms with E-state index in [1.807, 2.05) is 0 Å². The molecule has 0 saturated carbocycles. The second-order valence-corrected chi connectivity index (χ2v) is 5.11. The van der Waals surface area contributed by atoms with Crippen LogP contribution in [0.4, 0.5) is 0 Å². The quantitative estimate of drug-likeness (QED) is 0.302. The number of carbonyl (C=O) groups excluding carboxylic acids is 4. The van der Waals surface area contributed by atoms with Crippen LogP contribution in [-0.2, 0) is 24.0 Å². The SMILES string of the molecule is NCC(=O)N1CCC[C@H]1C(=O)NCC(=O)NCC(=O)NCC(=O)O. The van der Waals surface area contributed by atoms with E-state index in [1.165, 1.54) is 4.90 Å². The van der Waals surface area contributed by atoms with Gasteiger partial charge in [0.1, 0.15) is 12.6 Å². The van der Waals surface area contributed by atoms with Crippen LogP contribution in [0.1, 0.15) is 12.8 Å². The van der Waals surface area contributed by atoms with E-state index in [1.54, 1.807) is 0 Å². The summed E-state index contributed by atoms with van der Waals surface area (Å²) < 4.78 is 0. The predicted molar refractivity (Wildman–Crippen MR) is 80.5 cm³/mol. The molecule has 0 aromatic rings.